The molecule has 0 atom stereocenters. The predicted octanol–water partition coefficient (Wildman–Crippen LogP) is 0.173. The van der Waals surface area contributed by atoms with Gasteiger partial charge in [-0.2, -0.15) is 0 Å². The second kappa shape index (κ2) is 4.17. The average molecular weight is 226 g/mol. The summed E-state index contributed by atoms with van der Waals surface area (Å²) >= 11 is 0. The fourth-order valence-electron chi connectivity index (χ4n) is 1.85. The first-order chi connectivity index (χ1) is 7.70. The number of ether oxygens (including phenoxy) is 1. The summed E-state index contributed by atoms with van der Waals surface area (Å²) in [6.45, 7) is 2.66. The van der Waals surface area contributed by atoms with Crippen molar-refractivity contribution in [2.75, 3.05) is 6.61 Å². The van der Waals surface area contributed by atoms with Gasteiger partial charge in [-0.1, -0.05) is 0 Å². The van der Waals surface area contributed by atoms with E-state index in [1.807, 2.05) is 6.92 Å². The van der Waals surface area contributed by atoms with Crippen LogP contribution in [0, 0.1) is 0 Å². The topological polar surface area (TPSA) is 90.1 Å². The van der Waals surface area contributed by atoms with Gasteiger partial charge in [-0.3, -0.25) is 0 Å². The molecule has 0 bridgehead atoms. The van der Waals surface area contributed by atoms with Crippen LogP contribution in [0.1, 0.15) is 32.0 Å². The molecule has 1 N–H and O–H groups in total. The highest BCUT2D eigenvalue weighted by Crippen LogP contribution is 2.39. The Bertz CT molecular complexity index is 386. The zero-order valence-corrected chi connectivity index (χ0v) is 9.09. The van der Waals surface area contributed by atoms with Crippen LogP contribution >= 0.6 is 0 Å². The Hall–Kier alpha value is -1.50. The molecule has 1 aliphatic rings. The van der Waals surface area contributed by atoms with Crippen molar-refractivity contribution in [3.63, 3.8) is 0 Å². The van der Waals surface area contributed by atoms with E-state index in [-0.39, 0.29) is 6.61 Å². The van der Waals surface area contributed by atoms with Crippen LogP contribution in [0.5, 0.6) is 0 Å². The van der Waals surface area contributed by atoms with Gasteiger partial charge in [0.25, 0.3) is 0 Å². The van der Waals surface area contributed by atoms with E-state index in [0.717, 1.165) is 6.42 Å². The van der Waals surface area contributed by atoms with Gasteiger partial charge >= 0.3 is 5.97 Å². The van der Waals surface area contributed by atoms with Crippen molar-refractivity contribution in [2.24, 2.45) is 0 Å². The zero-order chi connectivity index (χ0) is 11.6. The third-order valence-corrected chi connectivity index (χ3v) is 2.95. The molecular formula is C9H14N4O3. The second-order valence-corrected chi connectivity index (χ2v) is 3.83. The summed E-state index contributed by atoms with van der Waals surface area (Å²) in [4.78, 5) is 11.3. The molecule has 0 unspecified atom stereocenters. The Morgan fingerprint density at radius 1 is 1.62 bits per heavy atom. The van der Waals surface area contributed by atoms with E-state index in [2.05, 4.69) is 15.5 Å². The lowest BCUT2D eigenvalue weighted by Gasteiger charge is -2.37. The number of carboxylic acids is 1. The molecule has 7 heteroatoms. The standard InChI is InChI=1S/C9H14N4O3/c1-2-16-6-7-10-11-12-13(7)9(8(14)15)4-3-5-9/h2-6H2,1H3,(H,14,15). The Morgan fingerprint density at radius 2 is 2.38 bits per heavy atom. The van der Waals surface area contributed by atoms with Crippen molar-refractivity contribution in [3.05, 3.63) is 5.82 Å². The molecule has 88 valence electrons. The largest absolute Gasteiger partial charge is 0.479 e. The first-order valence-electron chi connectivity index (χ1n) is 5.29. The number of nitrogens with zero attached hydrogens (tertiary/aromatic N) is 4. The minimum atomic E-state index is -0.948. The summed E-state index contributed by atoms with van der Waals surface area (Å²) in [5.74, 6) is -0.396. The van der Waals surface area contributed by atoms with E-state index in [9.17, 15) is 9.90 Å². The van der Waals surface area contributed by atoms with Crippen LogP contribution in [0.25, 0.3) is 0 Å². The Kier molecular flexibility index (Phi) is 2.86. The monoisotopic (exact) mass is 226 g/mol. The number of hydrogen-bond donors (Lipinski definition) is 1. The number of tetrazole rings is 1. The van der Waals surface area contributed by atoms with E-state index in [1.54, 1.807) is 0 Å². The van der Waals surface area contributed by atoms with Crippen molar-refractivity contribution in [1.82, 2.24) is 20.2 Å². The van der Waals surface area contributed by atoms with Crippen LogP contribution < -0.4 is 0 Å². The molecule has 7 nitrogen and oxygen atoms in total. The first kappa shape index (κ1) is 11.0. The molecule has 0 aliphatic heterocycles. The van der Waals surface area contributed by atoms with E-state index < -0.39 is 11.5 Å². The van der Waals surface area contributed by atoms with Crippen LogP contribution in [0.3, 0.4) is 0 Å². The maximum atomic E-state index is 11.3. The van der Waals surface area contributed by atoms with E-state index >= 15 is 0 Å². The molecule has 0 saturated heterocycles. The molecule has 1 aromatic heterocycles. The number of carbonyl (C=O) groups is 1. The molecule has 1 aromatic rings. The molecule has 0 spiro atoms. The minimum absolute atomic E-state index is 0.249. The first-order valence-corrected chi connectivity index (χ1v) is 5.29. The number of aliphatic carboxylic acids is 1. The van der Waals surface area contributed by atoms with Crippen molar-refractivity contribution >= 4 is 5.97 Å². The van der Waals surface area contributed by atoms with Crippen LogP contribution in [0.4, 0.5) is 0 Å². The molecule has 1 heterocycles. The molecule has 16 heavy (non-hydrogen) atoms. The number of aromatic nitrogens is 4. The second-order valence-electron chi connectivity index (χ2n) is 3.83. The zero-order valence-electron chi connectivity index (χ0n) is 9.09. The van der Waals surface area contributed by atoms with Gasteiger partial charge in [-0.15, -0.1) is 5.10 Å². The molecule has 1 fully saturated rings. The SMILES string of the molecule is CCOCc1nnnn1C1(C(=O)O)CCC1. The minimum Gasteiger partial charge on any atom is -0.479 e. The number of rotatable bonds is 5. The highest BCUT2D eigenvalue weighted by molar-refractivity contribution is 5.77. The van der Waals surface area contributed by atoms with E-state index in [1.165, 1.54) is 4.68 Å². The van der Waals surface area contributed by atoms with Crippen molar-refractivity contribution in [1.29, 1.82) is 0 Å². The molecule has 0 amide bonds. The van der Waals surface area contributed by atoms with Crippen LogP contribution in [0.2, 0.25) is 0 Å². The van der Waals surface area contributed by atoms with Crippen molar-refractivity contribution in [3.8, 4) is 0 Å². The van der Waals surface area contributed by atoms with Gasteiger partial charge in [0.2, 0.25) is 0 Å². The van der Waals surface area contributed by atoms with E-state index in [0.29, 0.717) is 25.3 Å². The molecule has 0 aromatic carbocycles. The van der Waals surface area contributed by atoms with Crippen LogP contribution in [-0.4, -0.2) is 37.9 Å². The number of hydrogen-bond acceptors (Lipinski definition) is 5. The lowest BCUT2D eigenvalue weighted by Crippen LogP contribution is -2.49. The van der Waals surface area contributed by atoms with E-state index in [4.69, 9.17) is 4.74 Å². The summed E-state index contributed by atoms with van der Waals surface area (Å²) in [6, 6.07) is 0. The van der Waals surface area contributed by atoms with Crippen LogP contribution in [-0.2, 0) is 21.7 Å². The maximum Gasteiger partial charge on any atom is 0.331 e. The average Bonchev–Trinajstić information content (AvgIpc) is 2.61. The summed E-state index contributed by atoms with van der Waals surface area (Å²) in [6.07, 6.45) is 2.04. The normalized spacial score (nSPS) is 18.1. The summed E-state index contributed by atoms with van der Waals surface area (Å²) in [5.41, 5.74) is -0.948. The molecule has 1 saturated carbocycles. The number of carboxylic acid groups (broad SMARTS) is 1. The third-order valence-electron chi connectivity index (χ3n) is 2.95. The Labute approximate surface area is 92.4 Å². The highest BCUT2D eigenvalue weighted by Gasteiger charge is 2.48. The molecule has 0 radical (unpaired) electrons. The smallest absolute Gasteiger partial charge is 0.331 e. The lowest BCUT2D eigenvalue weighted by atomic mass is 9.77. The third kappa shape index (κ3) is 1.57. The maximum absolute atomic E-state index is 11.3. The van der Waals surface area contributed by atoms with Gasteiger partial charge in [0.15, 0.2) is 11.4 Å². The lowest BCUT2D eigenvalue weighted by molar-refractivity contribution is -0.153. The fraction of sp³-hybridized carbons (Fsp3) is 0.778. The van der Waals surface area contributed by atoms with Crippen molar-refractivity contribution < 1.29 is 14.6 Å². The predicted molar refractivity (Wildman–Crippen MR) is 52.6 cm³/mol. The van der Waals surface area contributed by atoms with Gasteiger partial charge in [0, 0.05) is 6.61 Å². The summed E-state index contributed by atoms with van der Waals surface area (Å²) < 4.78 is 6.60. The molecule has 1 aliphatic carbocycles. The Morgan fingerprint density at radius 3 is 2.88 bits per heavy atom. The van der Waals surface area contributed by atoms with Gasteiger partial charge in [-0.05, 0) is 36.6 Å². The highest BCUT2D eigenvalue weighted by atomic mass is 16.5. The Balaban J connectivity index is 2.25. The summed E-state index contributed by atoms with van der Waals surface area (Å²) in [5, 5.41) is 20.4. The summed E-state index contributed by atoms with van der Waals surface area (Å²) in [7, 11) is 0. The van der Waals surface area contributed by atoms with Gasteiger partial charge in [0.1, 0.15) is 6.61 Å². The van der Waals surface area contributed by atoms with Crippen molar-refractivity contribution in [2.45, 2.75) is 38.3 Å². The van der Waals surface area contributed by atoms with Crippen LogP contribution in [0.15, 0.2) is 0 Å². The molecule has 2 rings (SSSR count). The van der Waals surface area contributed by atoms with Gasteiger partial charge in [-0.25, -0.2) is 9.48 Å². The fourth-order valence-corrected chi connectivity index (χ4v) is 1.85. The van der Waals surface area contributed by atoms with Gasteiger partial charge < -0.3 is 9.84 Å². The quantitative estimate of drug-likeness (QED) is 0.769. The van der Waals surface area contributed by atoms with Gasteiger partial charge in [0.05, 0.1) is 0 Å². The molecular weight excluding hydrogens is 212 g/mol.